The van der Waals surface area contributed by atoms with E-state index in [1.165, 1.54) is 0 Å². The van der Waals surface area contributed by atoms with Crippen LogP contribution in [0.15, 0.2) is 64.6 Å². The topological polar surface area (TPSA) is 45.5 Å². The lowest BCUT2D eigenvalue weighted by molar-refractivity contribution is -0.117. The number of carbonyl (C=O) groups is 1. The average Bonchev–Trinajstić information content (AvgIpc) is 2.99. The minimum absolute atomic E-state index is 0.0410. The summed E-state index contributed by atoms with van der Waals surface area (Å²) in [4.78, 5) is 15.1. The molecule has 0 unspecified atom stereocenters. The van der Waals surface area contributed by atoms with Crippen LogP contribution >= 0.6 is 11.8 Å². The van der Waals surface area contributed by atoms with E-state index in [1.807, 2.05) is 54.4 Å². The first-order valence-corrected chi connectivity index (χ1v) is 8.01. The summed E-state index contributed by atoms with van der Waals surface area (Å²) in [5.41, 5.74) is 0.839. The van der Waals surface area contributed by atoms with E-state index in [1.54, 1.807) is 18.0 Å². The van der Waals surface area contributed by atoms with Gasteiger partial charge in [-0.05, 0) is 31.3 Å². The van der Waals surface area contributed by atoms with E-state index < -0.39 is 0 Å². The van der Waals surface area contributed by atoms with Crippen molar-refractivity contribution in [1.82, 2.24) is 4.90 Å². The number of nitrogens with one attached hydrogen (secondary N) is 1. The normalized spacial score (nSPS) is 10.6. The molecule has 0 fully saturated rings. The summed E-state index contributed by atoms with van der Waals surface area (Å²) in [5, 5.41) is 2.96. The fraction of sp³-hybridized carbons (Fsp3) is 0.235. The Morgan fingerprint density at radius 2 is 2.18 bits per heavy atom. The summed E-state index contributed by atoms with van der Waals surface area (Å²) < 4.78 is 5.28. The molecule has 0 aliphatic carbocycles. The van der Waals surface area contributed by atoms with Crippen LogP contribution in [-0.2, 0) is 11.3 Å². The molecule has 0 bridgehead atoms. The standard InChI is InChI=1S/C17H20N2O2S/c1-3-11-22-16-9-5-4-8-15(16)18-17(20)13-19(2)12-14-7-6-10-21-14/h3-10H,1,11-13H2,2H3,(H,18,20). The van der Waals surface area contributed by atoms with E-state index in [9.17, 15) is 4.79 Å². The molecule has 4 nitrogen and oxygen atoms in total. The molecule has 0 aliphatic rings. The fourth-order valence-electron chi connectivity index (χ4n) is 2.00. The number of carbonyl (C=O) groups excluding carboxylic acids is 1. The van der Waals surface area contributed by atoms with Gasteiger partial charge >= 0.3 is 0 Å². The summed E-state index contributed by atoms with van der Waals surface area (Å²) in [6.07, 6.45) is 3.48. The van der Waals surface area contributed by atoms with Crippen LogP contribution in [0, 0.1) is 0 Å². The van der Waals surface area contributed by atoms with Gasteiger partial charge in [0.05, 0.1) is 25.0 Å². The second-order valence-electron chi connectivity index (χ2n) is 4.90. The fourth-order valence-corrected chi connectivity index (χ4v) is 2.75. The minimum atomic E-state index is -0.0410. The summed E-state index contributed by atoms with van der Waals surface area (Å²) >= 11 is 1.65. The number of anilines is 1. The van der Waals surface area contributed by atoms with Gasteiger partial charge in [0.15, 0.2) is 0 Å². The quantitative estimate of drug-likeness (QED) is 0.597. The molecule has 2 rings (SSSR count). The van der Waals surface area contributed by atoms with Crippen molar-refractivity contribution in [2.75, 3.05) is 24.7 Å². The molecule has 116 valence electrons. The average molecular weight is 316 g/mol. The Hall–Kier alpha value is -1.98. The van der Waals surface area contributed by atoms with Crippen LogP contribution in [0.4, 0.5) is 5.69 Å². The summed E-state index contributed by atoms with van der Waals surface area (Å²) in [6.45, 7) is 4.63. The molecule has 1 aromatic carbocycles. The zero-order valence-electron chi connectivity index (χ0n) is 12.6. The number of rotatable bonds is 8. The number of furan rings is 1. The molecule has 0 saturated heterocycles. The van der Waals surface area contributed by atoms with Crippen LogP contribution < -0.4 is 5.32 Å². The van der Waals surface area contributed by atoms with Gasteiger partial charge in [-0.3, -0.25) is 9.69 Å². The number of para-hydroxylation sites is 1. The van der Waals surface area contributed by atoms with E-state index >= 15 is 0 Å². The molecule has 1 heterocycles. The maximum Gasteiger partial charge on any atom is 0.238 e. The number of hydrogen-bond acceptors (Lipinski definition) is 4. The SMILES string of the molecule is C=CCSc1ccccc1NC(=O)CN(C)Cc1ccco1. The lowest BCUT2D eigenvalue weighted by Crippen LogP contribution is -2.29. The summed E-state index contributed by atoms with van der Waals surface area (Å²) in [7, 11) is 1.89. The largest absolute Gasteiger partial charge is 0.468 e. The molecule has 0 saturated carbocycles. The number of benzene rings is 1. The lowest BCUT2D eigenvalue weighted by Gasteiger charge is -2.16. The molecule has 2 aromatic rings. The molecule has 1 aromatic heterocycles. The van der Waals surface area contributed by atoms with Crippen molar-refractivity contribution in [2.24, 2.45) is 0 Å². The van der Waals surface area contributed by atoms with Gasteiger partial charge in [-0.1, -0.05) is 18.2 Å². The second-order valence-corrected chi connectivity index (χ2v) is 5.96. The van der Waals surface area contributed by atoms with Gasteiger partial charge in [-0.25, -0.2) is 0 Å². The van der Waals surface area contributed by atoms with Crippen LogP contribution in [0.2, 0.25) is 0 Å². The molecule has 1 N–H and O–H groups in total. The molecule has 1 amide bonds. The highest BCUT2D eigenvalue weighted by Crippen LogP contribution is 2.26. The third-order valence-corrected chi connectivity index (χ3v) is 4.01. The Morgan fingerprint density at radius 3 is 2.91 bits per heavy atom. The van der Waals surface area contributed by atoms with Crippen molar-refractivity contribution in [3.05, 3.63) is 61.1 Å². The van der Waals surface area contributed by atoms with E-state index in [2.05, 4.69) is 11.9 Å². The second kappa shape index (κ2) is 8.46. The number of amides is 1. The zero-order valence-corrected chi connectivity index (χ0v) is 13.4. The Bertz CT molecular complexity index is 611. The maximum atomic E-state index is 12.2. The summed E-state index contributed by atoms with van der Waals surface area (Å²) in [6, 6.07) is 11.5. The van der Waals surface area contributed by atoms with Crippen molar-refractivity contribution in [1.29, 1.82) is 0 Å². The predicted octanol–water partition coefficient (Wildman–Crippen LogP) is 3.63. The number of thioether (sulfide) groups is 1. The lowest BCUT2D eigenvalue weighted by atomic mass is 10.3. The van der Waals surface area contributed by atoms with Crippen LogP contribution in [0.25, 0.3) is 0 Å². The Kier molecular flexibility index (Phi) is 6.30. The first kappa shape index (κ1) is 16.4. The maximum absolute atomic E-state index is 12.2. The summed E-state index contributed by atoms with van der Waals surface area (Å²) in [5.74, 6) is 1.61. The smallest absolute Gasteiger partial charge is 0.238 e. The van der Waals surface area contributed by atoms with Crippen LogP contribution in [0.5, 0.6) is 0 Å². The molecule has 22 heavy (non-hydrogen) atoms. The van der Waals surface area contributed by atoms with Crippen molar-refractivity contribution < 1.29 is 9.21 Å². The molecule has 0 atom stereocenters. The highest BCUT2D eigenvalue weighted by atomic mass is 32.2. The third-order valence-electron chi connectivity index (χ3n) is 2.94. The van der Waals surface area contributed by atoms with Crippen molar-refractivity contribution in [3.63, 3.8) is 0 Å². The Morgan fingerprint density at radius 1 is 1.36 bits per heavy atom. The van der Waals surface area contributed by atoms with Crippen molar-refractivity contribution >= 4 is 23.4 Å². The van der Waals surface area contributed by atoms with E-state index in [0.717, 1.165) is 22.1 Å². The first-order valence-electron chi connectivity index (χ1n) is 7.02. The molecular formula is C17H20N2O2S. The van der Waals surface area contributed by atoms with Gasteiger partial charge in [-0.15, -0.1) is 18.3 Å². The van der Waals surface area contributed by atoms with Crippen molar-refractivity contribution in [2.45, 2.75) is 11.4 Å². The molecule has 0 spiro atoms. The van der Waals surface area contributed by atoms with Crippen LogP contribution in [-0.4, -0.2) is 30.2 Å². The molecule has 0 radical (unpaired) electrons. The highest BCUT2D eigenvalue weighted by Gasteiger charge is 2.10. The third kappa shape index (κ3) is 5.09. The van der Waals surface area contributed by atoms with E-state index in [0.29, 0.717) is 13.1 Å². The predicted molar refractivity (Wildman–Crippen MR) is 91.0 cm³/mol. The van der Waals surface area contributed by atoms with Gasteiger partial charge < -0.3 is 9.73 Å². The van der Waals surface area contributed by atoms with Crippen molar-refractivity contribution in [3.8, 4) is 0 Å². The Labute approximate surface area is 135 Å². The monoisotopic (exact) mass is 316 g/mol. The number of nitrogens with zero attached hydrogens (tertiary/aromatic N) is 1. The van der Waals surface area contributed by atoms with Gasteiger partial charge in [0.1, 0.15) is 5.76 Å². The van der Waals surface area contributed by atoms with E-state index in [-0.39, 0.29) is 5.91 Å². The zero-order chi connectivity index (χ0) is 15.8. The number of hydrogen-bond donors (Lipinski definition) is 1. The van der Waals surface area contributed by atoms with Gasteiger partial charge in [0.2, 0.25) is 5.91 Å². The van der Waals surface area contributed by atoms with Gasteiger partial charge in [-0.2, -0.15) is 0 Å². The highest BCUT2D eigenvalue weighted by molar-refractivity contribution is 7.99. The van der Waals surface area contributed by atoms with Crippen LogP contribution in [0.3, 0.4) is 0 Å². The van der Waals surface area contributed by atoms with Crippen LogP contribution in [0.1, 0.15) is 5.76 Å². The molecular weight excluding hydrogens is 296 g/mol. The molecule has 5 heteroatoms. The van der Waals surface area contributed by atoms with Gasteiger partial charge in [0.25, 0.3) is 0 Å². The Balaban J connectivity index is 1.90. The van der Waals surface area contributed by atoms with E-state index in [4.69, 9.17) is 4.42 Å². The molecule has 0 aliphatic heterocycles. The first-order chi connectivity index (χ1) is 10.7. The number of likely N-dealkylation sites (N-methyl/N-ethyl adjacent to an activating group) is 1. The minimum Gasteiger partial charge on any atom is -0.468 e. The van der Waals surface area contributed by atoms with Gasteiger partial charge in [0, 0.05) is 10.6 Å².